The minimum Gasteiger partial charge on any atom is -0.497 e. The molecule has 2 heterocycles. The van der Waals surface area contributed by atoms with Crippen LogP contribution in [0.1, 0.15) is 24.4 Å². The van der Waals surface area contributed by atoms with Crippen molar-refractivity contribution in [3.8, 4) is 11.5 Å². The number of thioether (sulfide) groups is 1. The second-order valence-electron chi connectivity index (χ2n) is 5.81. The van der Waals surface area contributed by atoms with E-state index >= 15 is 0 Å². The van der Waals surface area contributed by atoms with Gasteiger partial charge in [-0.3, -0.25) is 4.79 Å². The number of pyridine rings is 1. The van der Waals surface area contributed by atoms with E-state index in [1.165, 1.54) is 11.8 Å². The molecular formula is C19H22N2O3S. The minimum absolute atomic E-state index is 0.0295. The molecular weight excluding hydrogens is 336 g/mol. The number of amides is 1. The normalized spacial score (nSPS) is 16.7. The Hall–Kier alpha value is -2.21. The van der Waals surface area contributed by atoms with Crippen LogP contribution in [0.4, 0.5) is 0 Å². The Morgan fingerprint density at radius 1 is 1.28 bits per heavy atom. The van der Waals surface area contributed by atoms with Crippen molar-refractivity contribution in [3.63, 3.8) is 0 Å². The van der Waals surface area contributed by atoms with Crippen molar-refractivity contribution in [1.82, 2.24) is 9.88 Å². The van der Waals surface area contributed by atoms with Crippen LogP contribution in [0.2, 0.25) is 0 Å². The summed E-state index contributed by atoms with van der Waals surface area (Å²) in [5.74, 6) is 2.09. The smallest absolute Gasteiger partial charge is 0.233 e. The highest BCUT2D eigenvalue weighted by Crippen LogP contribution is 2.39. The number of benzene rings is 1. The van der Waals surface area contributed by atoms with Gasteiger partial charge in [-0.2, -0.15) is 0 Å². The highest BCUT2D eigenvalue weighted by Gasteiger charge is 2.32. The third kappa shape index (κ3) is 4.07. The zero-order chi connectivity index (χ0) is 17.6. The fourth-order valence-electron chi connectivity index (χ4n) is 3.14. The van der Waals surface area contributed by atoms with E-state index in [2.05, 4.69) is 4.98 Å². The molecule has 2 aromatic rings. The van der Waals surface area contributed by atoms with Crippen molar-refractivity contribution in [2.24, 2.45) is 0 Å². The highest BCUT2D eigenvalue weighted by molar-refractivity contribution is 7.99. The van der Waals surface area contributed by atoms with Crippen LogP contribution in [0, 0.1) is 0 Å². The lowest BCUT2D eigenvalue weighted by Crippen LogP contribution is -2.32. The lowest BCUT2D eigenvalue weighted by Gasteiger charge is -2.26. The molecule has 1 fully saturated rings. The first-order valence-corrected chi connectivity index (χ1v) is 9.26. The summed E-state index contributed by atoms with van der Waals surface area (Å²) in [6.45, 7) is 0.770. The van der Waals surface area contributed by atoms with Gasteiger partial charge in [-0.15, -0.1) is 0 Å². The van der Waals surface area contributed by atoms with Crippen molar-refractivity contribution in [1.29, 1.82) is 0 Å². The number of hydrogen-bond acceptors (Lipinski definition) is 5. The van der Waals surface area contributed by atoms with Gasteiger partial charge in [0.2, 0.25) is 5.91 Å². The van der Waals surface area contributed by atoms with Gasteiger partial charge in [0, 0.05) is 18.3 Å². The molecule has 1 aromatic heterocycles. The van der Waals surface area contributed by atoms with Crippen LogP contribution in [0.3, 0.4) is 0 Å². The Labute approximate surface area is 152 Å². The third-order valence-electron chi connectivity index (χ3n) is 4.35. The van der Waals surface area contributed by atoms with Crippen LogP contribution in [0.15, 0.2) is 47.6 Å². The van der Waals surface area contributed by atoms with Crippen molar-refractivity contribution < 1.29 is 14.3 Å². The topological polar surface area (TPSA) is 51.7 Å². The summed E-state index contributed by atoms with van der Waals surface area (Å²) in [5, 5.41) is 0.866. The van der Waals surface area contributed by atoms with Crippen LogP contribution in [0.5, 0.6) is 11.5 Å². The maximum Gasteiger partial charge on any atom is 0.233 e. The summed E-state index contributed by atoms with van der Waals surface area (Å²) < 4.78 is 10.8. The lowest BCUT2D eigenvalue weighted by atomic mass is 10.0. The number of hydrogen-bond donors (Lipinski definition) is 0. The first-order valence-electron chi connectivity index (χ1n) is 8.28. The number of carbonyl (C=O) groups is 1. The van der Waals surface area contributed by atoms with Gasteiger partial charge in [0.25, 0.3) is 0 Å². The average Bonchev–Trinajstić information content (AvgIpc) is 3.16. The Balaban J connectivity index is 1.75. The first kappa shape index (κ1) is 17.6. The molecule has 0 saturated carbocycles. The van der Waals surface area contributed by atoms with Gasteiger partial charge in [-0.05, 0) is 43.2 Å². The number of ether oxygens (including phenoxy) is 2. The molecule has 1 amide bonds. The van der Waals surface area contributed by atoms with Crippen molar-refractivity contribution in [2.75, 3.05) is 26.5 Å². The molecule has 6 heteroatoms. The molecule has 25 heavy (non-hydrogen) atoms. The second kappa shape index (κ2) is 8.25. The van der Waals surface area contributed by atoms with E-state index in [-0.39, 0.29) is 11.9 Å². The van der Waals surface area contributed by atoms with Gasteiger partial charge in [0.15, 0.2) is 0 Å². The summed E-state index contributed by atoms with van der Waals surface area (Å²) in [6.07, 6.45) is 3.67. The number of aromatic nitrogens is 1. The zero-order valence-electron chi connectivity index (χ0n) is 14.5. The third-order valence-corrected chi connectivity index (χ3v) is 5.28. The Morgan fingerprint density at radius 3 is 2.88 bits per heavy atom. The Bertz CT molecular complexity index is 724. The number of carbonyl (C=O) groups excluding carboxylic acids is 1. The van der Waals surface area contributed by atoms with Gasteiger partial charge < -0.3 is 14.4 Å². The van der Waals surface area contributed by atoms with Gasteiger partial charge in [0.1, 0.15) is 11.5 Å². The van der Waals surface area contributed by atoms with E-state index in [0.717, 1.165) is 41.5 Å². The molecule has 1 saturated heterocycles. The molecule has 1 aliphatic rings. The standard InChI is InChI=1S/C19H22N2O3S/c1-23-14-8-9-17(24-2)15(12-14)16-6-5-11-21(16)19(22)13-25-18-7-3-4-10-20-18/h3-4,7-10,12,16H,5-6,11,13H2,1-2H3/t16-/m0/s1. The lowest BCUT2D eigenvalue weighted by molar-refractivity contribution is -0.129. The van der Waals surface area contributed by atoms with Crippen molar-refractivity contribution >= 4 is 17.7 Å². The average molecular weight is 358 g/mol. The van der Waals surface area contributed by atoms with E-state index in [9.17, 15) is 4.79 Å². The number of methoxy groups -OCH3 is 2. The maximum absolute atomic E-state index is 12.8. The van der Waals surface area contributed by atoms with Crippen LogP contribution in [0.25, 0.3) is 0 Å². The molecule has 0 radical (unpaired) electrons. The fraction of sp³-hybridized carbons (Fsp3) is 0.368. The number of nitrogens with zero attached hydrogens (tertiary/aromatic N) is 2. The first-order chi connectivity index (χ1) is 12.2. The molecule has 132 valence electrons. The SMILES string of the molecule is COc1ccc(OC)c([C@@H]2CCCN2C(=O)CSc2ccccn2)c1. The molecule has 0 N–H and O–H groups in total. The van der Waals surface area contributed by atoms with Gasteiger partial charge in [-0.1, -0.05) is 17.8 Å². The summed E-state index contributed by atoms with van der Waals surface area (Å²) in [4.78, 5) is 19.0. The van der Waals surface area contributed by atoms with Crippen LogP contribution < -0.4 is 9.47 Å². The van der Waals surface area contributed by atoms with Crippen molar-refractivity contribution in [3.05, 3.63) is 48.2 Å². The van der Waals surface area contributed by atoms with Crippen LogP contribution in [-0.4, -0.2) is 42.3 Å². The molecule has 0 bridgehead atoms. The van der Waals surface area contributed by atoms with E-state index in [0.29, 0.717) is 5.75 Å². The molecule has 1 aromatic carbocycles. The second-order valence-corrected chi connectivity index (χ2v) is 6.81. The maximum atomic E-state index is 12.8. The fourth-order valence-corrected chi connectivity index (χ4v) is 3.89. The zero-order valence-corrected chi connectivity index (χ0v) is 15.3. The largest absolute Gasteiger partial charge is 0.497 e. The molecule has 0 spiro atoms. The van der Waals surface area contributed by atoms with Crippen molar-refractivity contribution in [2.45, 2.75) is 23.9 Å². The highest BCUT2D eigenvalue weighted by atomic mass is 32.2. The van der Waals surface area contributed by atoms with E-state index < -0.39 is 0 Å². The summed E-state index contributed by atoms with van der Waals surface area (Å²) in [6, 6.07) is 11.5. The predicted octanol–water partition coefficient (Wildman–Crippen LogP) is 3.55. The van der Waals surface area contributed by atoms with Gasteiger partial charge in [-0.25, -0.2) is 4.98 Å². The minimum atomic E-state index is 0.0295. The predicted molar refractivity (Wildman–Crippen MR) is 98.2 cm³/mol. The monoisotopic (exact) mass is 358 g/mol. The number of likely N-dealkylation sites (tertiary alicyclic amines) is 1. The van der Waals surface area contributed by atoms with E-state index in [4.69, 9.17) is 9.47 Å². The Morgan fingerprint density at radius 2 is 2.16 bits per heavy atom. The molecule has 0 unspecified atom stereocenters. The van der Waals surface area contributed by atoms with Crippen LogP contribution in [-0.2, 0) is 4.79 Å². The molecule has 1 aliphatic heterocycles. The molecule has 5 nitrogen and oxygen atoms in total. The summed E-state index contributed by atoms with van der Waals surface area (Å²) in [7, 11) is 3.30. The van der Waals surface area contributed by atoms with E-state index in [1.807, 2.05) is 41.3 Å². The molecule has 3 rings (SSSR count). The number of rotatable bonds is 6. The van der Waals surface area contributed by atoms with Gasteiger partial charge >= 0.3 is 0 Å². The summed E-state index contributed by atoms with van der Waals surface area (Å²) in [5.41, 5.74) is 1.01. The quantitative estimate of drug-likeness (QED) is 0.739. The van der Waals surface area contributed by atoms with E-state index in [1.54, 1.807) is 20.4 Å². The van der Waals surface area contributed by atoms with Gasteiger partial charge in [0.05, 0.1) is 31.0 Å². The van der Waals surface area contributed by atoms with Crippen LogP contribution >= 0.6 is 11.8 Å². The summed E-state index contributed by atoms with van der Waals surface area (Å²) >= 11 is 1.47. The Kier molecular flexibility index (Phi) is 5.81. The molecule has 1 atom stereocenters. The molecule has 0 aliphatic carbocycles.